The molecule has 1 amide bonds. The first-order valence-electron chi connectivity index (χ1n) is 8.81. The number of anilines is 1. The molecule has 0 aliphatic heterocycles. The van der Waals surface area contributed by atoms with Gasteiger partial charge in [-0.05, 0) is 36.4 Å². The normalized spacial score (nSPS) is 10.9. The van der Waals surface area contributed by atoms with Crippen LogP contribution < -0.4 is 10.5 Å². The number of aromatic hydroxyl groups is 1. The van der Waals surface area contributed by atoms with Crippen LogP contribution >= 0.6 is 11.8 Å². The monoisotopic (exact) mass is 382 g/mol. The molecule has 27 heavy (non-hydrogen) atoms. The number of hydrogen-bond acceptors (Lipinski definition) is 4. The van der Waals surface area contributed by atoms with Gasteiger partial charge in [0.05, 0.1) is 5.52 Å². The summed E-state index contributed by atoms with van der Waals surface area (Å²) in [5.41, 5.74) is 1.31. The van der Waals surface area contributed by atoms with Gasteiger partial charge in [-0.1, -0.05) is 37.3 Å². The fraction of sp³-hybridized carbons (Fsp3) is 0.238. The second kappa shape index (κ2) is 8.31. The number of pyridine rings is 1. The molecule has 0 spiro atoms. The van der Waals surface area contributed by atoms with Crippen molar-refractivity contribution in [3.63, 3.8) is 0 Å². The van der Waals surface area contributed by atoms with E-state index in [2.05, 4.69) is 4.98 Å². The van der Waals surface area contributed by atoms with Crippen molar-refractivity contribution in [1.29, 1.82) is 0 Å². The molecule has 2 N–H and O–H groups in total. The van der Waals surface area contributed by atoms with Crippen molar-refractivity contribution in [3.05, 3.63) is 70.0 Å². The molecule has 0 bridgehead atoms. The molecule has 6 heteroatoms. The van der Waals surface area contributed by atoms with Gasteiger partial charge >= 0.3 is 0 Å². The second-order valence-corrected chi connectivity index (χ2v) is 7.11. The van der Waals surface area contributed by atoms with Crippen molar-refractivity contribution < 1.29 is 9.90 Å². The van der Waals surface area contributed by atoms with Gasteiger partial charge in [-0.3, -0.25) is 9.59 Å². The van der Waals surface area contributed by atoms with Crippen molar-refractivity contribution >= 4 is 34.3 Å². The third kappa shape index (κ3) is 3.71. The molecule has 5 nitrogen and oxygen atoms in total. The minimum atomic E-state index is -0.580. The summed E-state index contributed by atoms with van der Waals surface area (Å²) in [6.07, 6.45) is 2.69. The van der Waals surface area contributed by atoms with Crippen LogP contribution in [0.3, 0.4) is 0 Å². The van der Waals surface area contributed by atoms with Crippen molar-refractivity contribution in [2.45, 2.75) is 19.1 Å². The zero-order valence-corrected chi connectivity index (χ0v) is 16.2. The Morgan fingerprint density at radius 1 is 1.15 bits per heavy atom. The van der Waals surface area contributed by atoms with Gasteiger partial charge in [0, 0.05) is 23.4 Å². The average Bonchev–Trinajstić information content (AvgIpc) is 2.66. The lowest BCUT2D eigenvalue weighted by atomic mass is 10.0. The van der Waals surface area contributed by atoms with E-state index in [-0.39, 0.29) is 11.3 Å². The van der Waals surface area contributed by atoms with Crippen molar-refractivity contribution in [3.8, 4) is 5.75 Å². The van der Waals surface area contributed by atoms with Crippen LogP contribution in [0.4, 0.5) is 5.69 Å². The van der Waals surface area contributed by atoms with E-state index in [0.717, 1.165) is 12.0 Å². The van der Waals surface area contributed by atoms with Crippen LogP contribution in [-0.4, -0.2) is 28.8 Å². The summed E-state index contributed by atoms with van der Waals surface area (Å²) < 4.78 is 0. The fourth-order valence-corrected chi connectivity index (χ4v) is 3.74. The van der Waals surface area contributed by atoms with Crippen LogP contribution in [0.2, 0.25) is 0 Å². The number of carbonyl (C=O) groups excluding carboxylic acids is 1. The number of benzene rings is 2. The van der Waals surface area contributed by atoms with E-state index < -0.39 is 11.5 Å². The number of carbonyl (C=O) groups is 1. The summed E-state index contributed by atoms with van der Waals surface area (Å²) >= 11 is 1.61. The first kappa shape index (κ1) is 19.0. The lowest BCUT2D eigenvalue weighted by Gasteiger charge is -2.23. The van der Waals surface area contributed by atoms with E-state index in [4.69, 9.17) is 0 Å². The standard InChI is InChI=1S/C21H22N2O3S/c1-3-12-23(15-9-5-4-6-10-15)21(26)18-19(24)17-14(13-27-2)8-7-11-16(17)22-20(18)25/h4-11H,3,12-13H2,1-2H3,(H2,22,24,25). The topological polar surface area (TPSA) is 73.4 Å². The highest BCUT2D eigenvalue weighted by molar-refractivity contribution is 7.97. The lowest BCUT2D eigenvalue weighted by molar-refractivity contribution is 0.0983. The first-order valence-corrected chi connectivity index (χ1v) is 10.2. The van der Waals surface area contributed by atoms with E-state index in [1.807, 2.05) is 55.6 Å². The second-order valence-electron chi connectivity index (χ2n) is 6.24. The van der Waals surface area contributed by atoms with Gasteiger partial charge in [0.25, 0.3) is 11.5 Å². The molecule has 2 aromatic carbocycles. The third-order valence-corrected chi connectivity index (χ3v) is 4.97. The van der Waals surface area contributed by atoms with Gasteiger partial charge in [-0.25, -0.2) is 0 Å². The summed E-state index contributed by atoms with van der Waals surface area (Å²) in [6.45, 7) is 2.41. The van der Waals surface area contributed by atoms with Crippen molar-refractivity contribution in [2.75, 3.05) is 17.7 Å². The molecule has 0 atom stereocenters. The Bertz CT molecular complexity index is 1020. The SMILES string of the molecule is CCCN(C(=O)c1c(O)c2c(CSC)cccc2[nH]c1=O)c1ccccc1. The molecular weight excluding hydrogens is 360 g/mol. The highest BCUT2D eigenvalue weighted by Gasteiger charge is 2.25. The number of aromatic amines is 1. The smallest absolute Gasteiger partial charge is 0.267 e. The number of aromatic nitrogens is 1. The molecule has 1 aromatic heterocycles. The fourth-order valence-electron chi connectivity index (χ4n) is 3.19. The number of nitrogens with zero attached hydrogens (tertiary/aromatic N) is 1. The highest BCUT2D eigenvalue weighted by atomic mass is 32.2. The number of nitrogens with one attached hydrogen (secondary N) is 1. The number of para-hydroxylation sites is 1. The van der Waals surface area contributed by atoms with Crippen molar-refractivity contribution in [2.24, 2.45) is 0 Å². The average molecular weight is 382 g/mol. The van der Waals surface area contributed by atoms with Gasteiger partial charge in [0.1, 0.15) is 11.3 Å². The maximum atomic E-state index is 13.2. The van der Waals surface area contributed by atoms with Gasteiger partial charge in [0.15, 0.2) is 0 Å². The molecule has 0 radical (unpaired) electrons. The number of hydrogen-bond donors (Lipinski definition) is 2. The van der Waals surface area contributed by atoms with Crippen LogP contribution in [0.5, 0.6) is 5.75 Å². The van der Waals surface area contributed by atoms with Crippen LogP contribution in [0, 0.1) is 0 Å². The van der Waals surface area contributed by atoms with Crippen LogP contribution in [0.25, 0.3) is 10.9 Å². The Morgan fingerprint density at radius 2 is 1.89 bits per heavy atom. The van der Waals surface area contributed by atoms with E-state index in [9.17, 15) is 14.7 Å². The Labute approximate surface area is 162 Å². The number of thioether (sulfide) groups is 1. The van der Waals surface area contributed by atoms with Crippen LogP contribution in [0.15, 0.2) is 53.3 Å². The maximum Gasteiger partial charge on any atom is 0.267 e. The summed E-state index contributed by atoms with van der Waals surface area (Å²) in [5.74, 6) is -0.0786. The van der Waals surface area contributed by atoms with E-state index in [1.165, 1.54) is 4.90 Å². The number of H-pyrrole nitrogens is 1. The Hall–Kier alpha value is -2.73. The van der Waals surface area contributed by atoms with Crippen LogP contribution in [-0.2, 0) is 5.75 Å². The van der Waals surface area contributed by atoms with Gasteiger partial charge in [-0.2, -0.15) is 11.8 Å². The molecule has 0 fully saturated rings. The lowest BCUT2D eigenvalue weighted by Crippen LogP contribution is -2.35. The first-order chi connectivity index (χ1) is 13.1. The summed E-state index contributed by atoms with van der Waals surface area (Å²) in [6, 6.07) is 14.6. The molecule has 3 rings (SSSR count). The molecule has 0 aliphatic carbocycles. The predicted molar refractivity (Wildman–Crippen MR) is 112 cm³/mol. The van der Waals surface area contributed by atoms with Gasteiger partial charge in [-0.15, -0.1) is 0 Å². The number of amides is 1. The van der Waals surface area contributed by atoms with E-state index >= 15 is 0 Å². The zero-order valence-electron chi connectivity index (χ0n) is 15.4. The Balaban J connectivity index is 2.19. The molecule has 3 aromatic rings. The maximum absolute atomic E-state index is 13.2. The Morgan fingerprint density at radius 3 is 2.56 bits per heavy atom. The minimum Gasteiger partial charge on any atom is -0.506 e. The summed E-state index contributed by atoms with van der Waals surface area (Å²) in [4.78, 5) is 30.2. The molecule has 0 saturated carbocycles. The summed E-state index contributed by atoms with van der Waals surface area (Å²) in [5, 5.41) is 11.4. The van der Waals surface area contributed by atoms with Crippen molar-refractivity contribution in [1.82, 2.24) is 4.98 Å². The predicted octanol–water partition coefficient (Wildman–Crippen LogP) is 4.15. The number of fused-ring (bicyclic) bond motifs is 1. The Kier molecular flexibility index (Phi) is 5.86. The third-order valence-electron chi connectivity index (χ3n) is 4.37. The van der Waals surface area contributed by atoms with Crippen LogP contribution in [0.1, 0.15) is 29.3 Å². The molecule has 0 unspecified atom stereocenters. The minimum absolute atomic E-state index is 0.214. The molecule has 0 aliphatic rings. The quantitative estimate of drug-likeness (QED) is 0.672. The molecule has 1 heterocycles. The molecule has 140 valence electrons. The largest absolute Gasteiger partial charge is 0.506 e. The van der Waals surface area contributed by atoms with E-state index in [0.29, 0.717) is 28.9 Å². The molecule has 0 saturated heterocycles. The van der Waals surface area contributed by atoms with Gasteiger partial charge in [0.2, 0.25) is 0 Å². The molecular formula is C21H22N2O3S. The summed E-state index contributed by atoms with van der Waals surface area (Å²) in [7, 11) is 0. The van der Waals surface area contributed by atoms with Gasteiger partial charge < -0.3 is 15.0 Å². The highest BCUT2D eigenvalue weighted by Crippen LogP contribution is 2.31. The number of rotatable bonds is 6. The van der Waals surface area contributed by atoms with E-state index in [1.54, 1.807) is 17.8 Å². The zero-order chi connectivity index (χ0) is 19.4.